The van der Waals surface area contributed by atoms with E-state index in [2.05, 4.69) is 24.3 Å². The number of benzene rings is 3. The minimum atomic E-state index is 1.25. The van der Waals surface area contributed by atoms with Gasteiger partial charge in [0.15, 0.2) is 0 Å². The minimum absolute atomic E-state index is 1.25. The zero-order chi connectivity index (χ0) is 15.4. The van der Waals surface area contributed by atoms with Crippen molar-refractivity contribution in [3.05, 3.63) is 51.0 Å². The van der Waals surface area contributed by atoms with Crippen molar-refractivity contribution in [3.8, 4) is 0 Å². The summed E-state index contributed by atoms with van der Waals surface area (Å²) in [4.78, 5) is 0. The highest BCUT2D eigenvalue weighted by Crippen LogP contribution is 2.37. The van der Waals surface area contributed by atoms with Crippen LogP contribution < -0.4 is 15.7 Å². The number of rotatable bonds is 0. The van der Waals surface area contributed by atoms with E-state index in [0.717, 1.165) is 0 Å². The Labute approximate surface area is 141 Å². The van der Waals surface area contributed by atoms with Gasteiger partial charge in [-0.2, -0.15) is 0 Å². The molecule has 3 aromatic rings. The molecule has 0 saturated heterocycles. The third kappa shape index (κ3) is 1.24. The normalized spacial score (nSPS) is 20.6. The first-order valence-electron chi connectivity index (χ1n) is 9.65. The van der Waals surface area contributed by atoms with Gasteiger partial charge in [0.25, 0.3) is 0 Å². The Morgan fingerprint density at radius 2 is 0.875 bits per heavy atom. The van der Waals surface area contributed by atoms with E-state index in [4.69, 9.17) is 0 Å². The molecule has 4 aliphatic carbocycles. The third-order valence-corrected chi connectivity index (χ3v) is 7.27. The van der Waals surface area contributed by atoms with Crippen LogP contribution in [0.2, 0.25) is 0 Å². The van der Waals surface area contributed by atoms with Gasteiger partial charge in [-0.25, -0.2) is 0 Å². The number of aryl methyl sites for hydroxylation is 2. The van der Waals surface area contributed by atoms with Crippen LogP contribution >= 0.6 is 0 Å². The fourth-order valence-corrected chi connectivity index (χ4v) is 6.23. The Morgan fingerprint density at radius 3 is 1.42 bits per heavy atom. The van der Waals surface area contributed by atoms with Gasteiger partial charge in [-0.15, -0.1) is 0 Å². The quantitative estimate of drug-likeness (QED) is 0.595. The zero-order valence-electron chi connectivity index (χ0n) is 14.0. The fourth-order valence-electron chi connectivity index (χ4n) is 6.23. The highest BCUT2D eigenvalue weighted by Gasteiger charge is 2.27. The van der Waals surface area contributed by atoms with Gasteiger partial charge in [0.2, 0.25) is 0 Å². The van der Waals surface area contributed by atoms with Crippen LogP contribution in [0.25, 0.3) is 38.3 Å². The molecule has 3 aromatic carbocycles. The van der Waals surface area contributed by atoms with Crippen molar-refractivity contribution in [2.45, 2.75) is 51.4 Å². The summed E-state index contributed by atoms with van der Waals surface area (Å²) in [5, 5.41) is 11.5. The first-order valence-corrected chi connectivity index (χ1v) is 9.65. The van der Waals surface area contributed by atoms with E-state index in [1.165, 1.54) is 56.8 Å². The van der Waals surface area contributed by atoms with Crippen LogP contribution in [0.3, 0.4) is 0 Å². The van der Waals surface area contributed by atoms with Crippen molar-refractivity contribution in [1.82, 2.24) is 0 Å². The lowest BCUT2D eigenvalue weighted by Gasteiger charge is -2.30. The Kier molecular flexibility index (Phi) is 2.02. The van der Waals surface area contributed by atoms with Crippen LogP contribution in [-0.4, -0.2) is 0 Å². The monoisotopic (exact) mass is 308 g/mol. The third-order valence-electron chi connectivity index (χ3n) is 7.27. The highest BCUT2D eigenvalue weighted by molar-refractivity contribution is 6.14. The van der Waals surface area contributed by atoms with Crippen LogP contribution in [0.5, 0.6) is 0 Å². The van der Waals surface area contributed by atoms with Crippen molar-refractivity contribution in [2.75, 3.05) is 0 Å². The molecule has 116 valence electrons. The summed E-state index contributed by atoms with van der Waals surface area (Å²) in [7, 11) is 0. The molecule has 0 fully saturated rings. The summed E-state index contributed by atoms with van der Waals surface area (Å²) in [6, 6.07) is 9.61. The van der Waals surface area contributed by atoms with Gasteiger partial charge in [-0.05, 0) is 99.7 Å². The number of hydrogen-bond donors (Lipinski definition) is 0. The van der Waals surface area contributed by atoms with E-state index in [1.54, 1.807) is 59.7 Å². The molecule has 0 atom stereocenters. The Morgan fingerprint density at radius 1 is 0.417 bits per heavy atom. The maximum absolute atomic E-state index is 2.42. The van der Waals surface area contributed by atoms with Gasteiger partial charge in [-0.1, -0.05) is 41.0 Å². The highest BCUT2D eigenvalue weighted by atomic mass is 14.3. The van der Waals surface area contributed by atoms with Crippen molar-refractivity contribution in [1.29, 1.82) is 0 Å². The van der Waals surface area contributed by atoms with Gasteiger partial charge in [0.1, 0.15) is 0 Å². The molecule has 0 heterocycles. The molecule has 0 saturated carbocycles. The van der Waals surface area contributed by atoms with Crippen molar-refractivity contribution in [2.24, 2.45) is 0 Å². The van der Waals surface area contributed by atoms with Crippen molar-refractivity contribution < 1.29 is 0 Å². The predicted octanol–water partition coefficient (Wildman–Crippen LogP) is 3.64. The smallest absolute Gasteiger partial charge is 0.00209 e. The van der Waals surface area contributed by atoms with E-state index >= 15 is 0 Å². The maximum Gasteiger partial charge on any atom is -0.00209 e. The lowest BCUT2D eigenvalue weighted by atomic mass is 9.73. The van der Waals surface area contributed by atoms with Crippen LogP contribution in [0.15, 0.2) is 24.3 Å². The second kappa shape index (κ2) is 3.94. The summed E-state index contributed by atoms with van der Waals surface area (Å²) in [5.74, 6) is 0. The summed E-state index contributed by atoms with van der Waals surface area (Å²) in [6.45, 7) is 0. The topological polar surface area (TPSA) is 0 Å². The first kappa shape index (κ1) is 12.3. The molecule has 0 amide bonds. The van der Waals surface area contributed by atoms with Gasteiger partial charge in [0.05, 0.1) is 0 Å². The van der Waals surface area contributed by atoms with E-state index in [1.807, 2.05) is 0 Å². The molecule has 24 heavy (non-hydrogen) atoms. The molecular weight excluding hydrogens is 288 g/mol. The van der Waals surface area contributed by atoms with Crippen LogP contribution in [-0.2, 0) is 12.8 Å². The van der Waals surface area contributed by atoms with Gasteiger partial charge >= 0.3 is 0 Å². The zero-order valence-corrected chi connectivity index (χ0v) is 14.0. The SMILES string of the molecule is c1cc2ccc3c4c5c6c7c(c1CCC=7CCC=6CCC=5CC3)c24. The van der Waals surface area contributed by atoms with E-state index in [0.29, 0.717) is 0 Å². The predicted molar refractivity (Wildman–Crippen MR) is 101 cm³/mol. The average molecular weight is 308 g/mol. The largest absolute Gasteiger partial charge is 0.0611 e. The van der Waals surface area contributed by atoms with Crippen molar-refractivity contribution in [3.63, 3.8) is 0 Å². The molecule has 7 rings (SSSR count). The maximum atomic E-state index is 2.42. The Bertz CT molecular complexity index is 1190. The minimum Gasteiger partial charge on any atom is -0.0611 e. The second-order valence-electron chi connectivity index (χ2n) is 8.23. The van der Waals surface area contributed by atoms with Gasteiger partial charge in [0, 0.05) is 0 Å². The van der Waals surface area contributed by atoms with E-state index in [9.17, 15) is 0 Å². The molecule has 0 aliphatic heterocycles. The molecule has 0 nitrogen and oxygen atoms in total. The summed E-state index contributed by atoms with van der Waals surface area (Å²) < 4.78 is 0. The molecule has 4 aliphatic rings. The molecular formula is C24H20. The Balaban J connectivity index is 2.02. The van der Waals surface area contributed by atoms with E-state index in [-0.39, 0.29) is 0 Å². The lowest BCUT2D eigenvalue weighted by Crippen LogP contribution is -2.49. The number of hydrogen-bond acceptors (Lipinski definition) is 0. The molecule has 0 N–H and O–H groups in total. The summed E-state index contributed by atoms with van der Waals surface area (Å²) in [6.07, 6.45) is 10.4. The average Bonchev–Trinajstić information content (AvgIpc) is 2.65. The molecule has 0 unspecified atom stereocenters. The molecule has 0 heteroatoms. The molecule has 0 radical (unpaired) electrons. The Hall–Kier alpha value is -2.08. The fraction of sp³-hybridized carbons (Fsp3) is 0.333. The second-order valence-corrected chi connectivity index (χ2v) is 8.23. The standard InChI is InChI=1S/C24H20/c1-2-14-5-6-16-9-11-18-12-10-17-8-7-15-4-3-13(1)19-20(14)22(16)24(18)23(17)21(15)19/h1-4H,5-12H2. The van der Waals surface area contributed by atoms with Gasteiger partial charge < -0.3 is 0 Å². The van der Waals surface area contributed by atoms with Crippen LogP contribution in [0, 0.1) is 0 Å². The van der Waals surface area contributed by atoms with Crippen LogP contribution in [0.1, 0.15) is 49.7 Å². The molecule has 0 spiro atoms. The van der Waals surface area contributed by atoms with Gasteiger partial charge in [-0.3, -0.25) is 0 Å². The molecule has 0 bridgehead atoms. The first-order chi connectivity index (χ1) is 11.9. The van der Waals surface area contributed by atoms with Crippen molar-refractivity contribution >= 4 is 38.3 Å². The lowest BCUT2D eigenvalue weighted by molar-refractivity contribution is 0.847. The summed E-state index contributed by atoms with van der Waals surface area (Å²) in [5.41, 5.74) is 8.54. The summed E-state index contributed by atoms with van der Waals surface area (Å²) >= 11 is 0. The van der Waals surface area contributed by atoms with Crippen LogP contribution in [0.4, 0.5) is 0 Å². The molecule has 0 aromatic heterocycles. The van der Waals surface area contributed by atoms with E-state index < -0.39 is 0 Å².